The first-order valence-corrected chi connectivity index (χ1v) is 10.1. The second-order valence-corrected chi connectivity index (χ2v) is 8.16. The summed E-state index contributed by atoms with van der Waals surface area (Å²) in [6.45, 7) is 0.730. The van der Waals surface area contributed by atoms with Crippen LogP contribution in [0.25, 0.3) is 0 Å². The van der Waals surface area contributed by atoms with Gasteiger partial charge in [0.15, 0.2) is 18.2 Å². The smallest absolute Gasteiger partial charge is 0.265 e. The lowest BCUT2D eigenvalue weighted by atomic mass is 10.2. The van der Waals surface area contributed by atoms with Gasteiger partial charge in [-0.05, 0) is 50.0 Å². The lowest BCUT2D eigenvalue weighted by Crippen LogP contribution is -2.47. The molecule has 1 aliphatic rings. The summed E-state index contributed by atoms with van der Waals surface area (Å²) in [5.41, 5.74) is 0.988. The van der Waals surface area contributed by atoms with E-state index >= 15 is 0 Å². The Morgan fingerprint density at radius 2 is 1.90 bits per heavy atom. The summed E-state index contributed by atoms with van der Waals surface area (Å²) in [5, 5.41) is 0. The van der Waals surface area contributed by atoms with Crippen LogP contribution in [0.2, 0.25) is 0 Å². The minimum Gasteiger partial charge on any atom is -0.482 e. The number of benzene rings is 2. The molecule has 0 N–H and O–H groups in total. The molecule has 0 aliphatic carbocycles. The van der Waals surface area contributed by atoms with Crippen molar-refractivity contribution in [3.8, 4) is 5.75 Å². The fraction of sp³-hybridized carbons (Fsp3) is 0.333. The summed E-state index contributed by atoms with van der Waals surface area (Å²) in [5.74, 6) is -2.01. The van der Waals surface area contributed by atoms with Gasteiger partial charge in [-0.1, -0.05) is 22.0 Å². The fourth-order valence-electron chi connectivity index (χ4n) is 3.06. The maximum absolute atomic E-state index is 13.6. The van der Waals surface area contributed by atoms with E-state index in [1.165, 1.54) is 15.9 Å². The molecule has 30 heavy (non-hydrogen) atoms. The Bertz CT molecular complexity index is 955. The minimum absolute atomic E-state index is 0.107. The van der Waals surface area contributed by atoms with Crippen LogP contribution >= 0.6 is 15.9 Å². The highest BCUT2D eigenvalue weighted by molar-refractivity contribution is 9.10. The third-order valence-electron chi connectivity index (χ3n) is 4.69. The van der Waals surface area contributed by atoms with Crippen molar-refractivity contribution < 1.29 is 23.1 Å². The molecule has 0 aromatic heterocycles. The molecule has 0 radical (unpaired) electrons. The Labute approximate surface area is 182 Å². The van der Waals surface area contributed by atoms with Crippen LogP contribution < -0.4 is 9.64 Å². The van der Waals surface area contributed by atoms with Gasteiger partial charge in [0.25, 0.3) is 5.91 Å². The van der Waals surface area contributed by atoms with Crippen LogP contribution in [-0.4, -0.2) is 62.0 Å². The normalized spacial score (nSPS) is 13.3. The van der Waals surface area contributed by atoms with Gasteiger partial charge in [0.1, 0.15) is 12.3 Å². The van der Waals surface area contributed by atoms with Crippen LogP contribution in [0.5, 0.6) is 5.75 Å². The molecule has 3 rings (SSSR count). The zero-order chi connectivity index (χ0) is 21.8. The number of hydrogen-bond donors (Lipinski definition) is 0. The number of carbonyl (C=O) groups excluding carboxylic acids is 2. The second kappa shape index (κ2) is 9.53. The van der Waals surface area contributed by atoms with E-state index in [2.05, 4.69) is 15.9 Å². The molecule has 2 amide bonds. The van der Waals surface area contributed by atoms with Gasteiger partial charge in [0, 0.05) is 24.1 Å². The number of carbonyl (C=O) groups is 2. The van der Waals surface area contributed by atoms with Crippen molar-refractivity contribution >= 4 is 33.4 Å². The quantitative estimate of drug-likeness (QED) is 0.609. The van der Waals surface area contributed by atoms with Crippen molar-refractivity contribution in [1.82, 2.24) is 9.80 Å². The fourth-order valence-corrected chi connectivity index (χ4v) is 3.40. The van der Waals surface area contributed by atoms with E-state index in [0.29, 0.717) is 30.1 Å². The average Bonchev–Trinajstić information content (AvgIpc) is 2.69. The number of halogens is 3. The number of anilines is 1. The molecule has 0 saturated heterocycles. The van der Waals surface area contributed by atoms with Gasteiger partial charge < -0.3 is 14.5 Å². The number of fused-ring (bicyclic) bond motifs is 1. The number of hydrogen-bond acceptors (Lipinski definition) is 4. The van der Waals surface area contributed by atoms with Crippen LogP contribution in [0.15, 0.2) is 40.9 Å². The molecular weight excluding hydrogens is 460 g/mol. The van der Waals surface area contributed by atoms with Crippen LogP contribution in [0.3, 0.4) is 0 Å². The van der Waals surface area contributed by atoms with Gasteiger partial charge in [-0.25, -0.2) is 8.78 Å². The van der Waals surface area contributed by atoms with Gasteiger partial charge in [0.2, 0.25) is 5.91 Å². The lowest BCUT2D eigenvalue weighted by molar-refractivity contribution is -0.132. The first kappa shape index (κ1) is 22.2. The molecule has 0 saturated carbocycles. The highest BCUT2D eigenvalue weighted by Crippen LogP contribution is 2.34. The molecule has 0 atom stereocenters. The zero-order valence-electron chi connectivity index (χ0n) is 16.7. The SMILES string of the molecule is CN(C)CCN(Cc1ccc(F)c(F)c1)C(=O)CN1C(=O)COc2cc(Br)ccc21. The Morgan fingerprint density at radius 3 is 2.60 bits per heavy atom. The molecule has 0 fully saturated rings. The molecule has 2 aromatic rings. The molecule has 160 valence electrons. The van der Waals surface area contributed by atoms with Crippen molar-refractivity contribution in [3.63, 3.8) is 0 Å². The topological polar surface area (TPSA) is 53.1 Å². The van der Waals surface area contributed by atoms with Crippen molar-refractivity contribution in [1.29, 1.82) is 0 Å². The number of likely N-dealkylation sites (N-methyl/N-ethyl adjacent to an activating group) is 1. The van der Waals surface area contributed by atoms with Crippen molar-refractivity contribution in [2.45, 2.75) is 6.54 Å². The summed E-state index contributed by atoms with van der Waals surface area (Å²) >= 11 is 3.36. The summed E-state index contributed by atoms with van der Waals surface area (Å²) in [4.78, 5) is 30.4. The molecule has 6 nitrogen and oxygen atoms in total. The third-order valence-corrected chi connectivity index (χ3v) is 5.18. The Morgan fingerprint density at radius 1 is 1.13 bits per heavy atom. The van der Waals surface area contributed by atoms with Crippen molar-refractivity contribution in [2.75, 3.05) is 45.2 Å². The van der Waals surface area contributed by atoms with Crippen LogP contribution in [0.4, 0.5) is 14.5 Å². The maximum Gasteiger partial charge on any atom is 0.265 e. The predicted octanol–water partition coefficient (Wildman–Crippen LogP) is 3.04. The number of rotatable bonds is 7. The molecule has 1 heterocycles. The Balaban J connectivity index is 1.80. The van der Waals surface area contributed by atoms with Crippen molar-refractivity contribution in [2.24, 2.45) is 0 Å². The summed E-state index contributed by atoms with van der Waals surface area (Å²) in [6.07, 6.45) is 0. The van der Waals surface area contributed by atoms with E-state index in [1.54, 1.807) is 18.2 Å². The summed E-state index contributed by atoms with van der Waals surface area (Å²) in [7, 11) is 3.75. The number of nitrogens with zero attached hydrogens (tertiary/aromatic N) is 3. The van der Waals surface area contributed by atoms with Gasteiger partial charge in [-0.3, -0.25) is 14.5 Å². The van der Waals surface area contributed by atoms with Crippen LogP contribution in [0.1, 0.15) is 5.56 Å². The summed E-state index contributed by atoms with van der Waals surface area (Å²) < 4.78 is 33.1. The van der Waals surface area contributed by atoms with E-state index in [0.717, 1.165) is 16.6 Å². The van der Waals surface area contributed by atoms with Crippen molar-refractivity contribution in [3.05, 3.63) is 58.1 Å². The first-order chi connectivity index (χ1) is 14.2. The zero-order valence-corrected chi connectivity index (χ0v) is 18.3. The maximum atomic E-state index is 13.6. The van der Waals surface area contributed by atoms with E-state index in [1.807, 2.05) is 19.0 Å². The molecule has 1 aliphatic heterocycles. The molecule has 0 spiro atoms. The van der Waals surface area contributed by atoms with Crippen LogP contribution in [-0.2, 0) is 16.1 Å². The van der Waals surface area contributed by atoms with E-state index in [9.17, 15) is 18.4 Å². The first-order valence-electron chi connectivity index (χ1n) is 9.33. The highest BCUT2D eigenvalue weighted by Gasteiger charge is 2.29. The molecule has 9 heteroatoms. The van der Waals surface area contributed by atoms with Gasteiger partial charge in [-0.15, -0.1) is 0 Å². The van der Waals surface area contributed by atoms with E-state index in [-0.39, 0.29) is 31.5 Å². The Kier molecular flexibility index (Phi) is 7.04. The third kappa shape index (κ3) is 5.34. The minimum atomic E-state index is -0.963. The molecule has 0 unspecified atom stereocenters. The van der Waals surface area contributed by atoms with E-state index < -0.39 is 11.6 Å². The monoisotopic (exact) mass is 481 g/mol. The highest BCUT2D eigenvalue weighted by atomic mass is 79.9. The van der Waals surface area contributed by atoms with Gasteiger partial charge >= 0.3 is 0 Å². The van der Waals surface area contributed by atoms with E-state index in [4.69, 9.17) is 4.74 Å². The molecular formula is C21H22BrF2N3O3. The molecule has 2 aromatic carbocycles. The summed E-state index contributed by atoms with van der Waals surface area (Å²) in [6, 6.07) is 8.79. The lowest BCUT2D eigenvalue weighted by Gasteiger charge is -2.32. The largest absolute Gasteiger partial charge is 0.482 e. The Hall–Kier alpha value is -2.52. The van der Waals surface area contributed by atoms with Gasteiger partial charge in [-0.2, -0.15) is 0 Å². The van der Waals surface area contributed by atoms with Gasteiger partial charge in [0.05, 0.1) is 5.69 Å². The average molecular weight is 482 g/mol. The molecule has 0 bridgehead atoms. The number of ether oxygens (including phenoxy) is 1. The van der Waals surface area contributed by atoms with Crippen LogP contribution in [0, 0.1) is 11.6 Å². The second-order valence-electron chi connectivity index (χ2n) is 7.25. The predicted molar refractivity (Wildman–Crippen MR) is 112 cm³/mol. The standard InChI is InChI=1S/C21H22BrF2N3O3/c1-25(2)7-8-26(11-14-3-5-16(23)17(24)9-14)20(28)12-27-18-6-4-15(22)10-19(18)30-13-21(27)29/h3-6,9-10H,7-8,11-13H2,1-2H3. The number of amides is 2.